The Morgan fingerprint density at radius 2 is 1.45 bits per heavy atom. The zero-order chi connectivity index (χ0) is 13.9. The molecule has 1 aromatic carbocycles. The summed E-state index contributed by atoms with van der Waals surface area (Å²) in [4.78, 5) is 11.0. The minimum absolute atomic E-state index is 0.414. The van der Waals surface area contributed by atoms with Crippen LogP contribution in [0.5, 0.6) is 0 Å². The van der Waals surface area contributed by atoms with Gasteiger partial charge in [-0.3, -0.25) is 0 Å². The van der Waals surface area contributed by atoms with Crippen LogP contribution in [0.15, 0.2) is 30.3 Å². The molecule has 1 aliphatic rings. The number of nitrogens with zero attached hydrogens (tertiary/aromatic N) is 3. The molecule has 3 nitrogen and oxygen atoms in total. The Labute approximate surface area is 128 Å². The standard InChI is InChI=1S/C15H15Cl2N3/c16-13-12(11-7-3-1-4-8-11)14(17)19-15(18-13)20-9-5-2-6-10-20/h1,3-4,7-8H,2,5-6,9-10H2. The Morgan fingerprint density at radius 3 is 2.05 bits per heavy atom. The molecule has 0 bridgehead atoms. The zero-order valence-corrected chi connectivity index (χ0v) is 12.5. The van der Waals surface area contributed by atoms with Crippen molar-refractivity contribution in [2.45, 2.75) is 19.3 Å². The maximum atomic E-state index is 6.33. The molecule has 1 aromatic heterocycles. The van der Waals surface area contributed by atoms with E-state index in [0.717, 1.165) is 18.7 Å². The second-order valence-corrected chi connectivity index (χ2v) is 5.61. The summed E-state index contributed by atoms with van der Waals surface area (Å²) in [6, 6.07) is 9.75. The molecule has 3 rings (SSSR count). The van der Waals surface area contributed by atoms with E-state index in [4.69, 9.17) is 23.2 Å². The van der Waals surface area contributed by atoms with Crippen molar-refractivity contribution in [2.75, 3.05) is 18.0 Å². The fourth-order valence-electron chi connectivity index (χ4n) is 2.48. The van der Waals surface area contributed by atoms with Gasteiger partial charge in [0.1, 0.15) is 10.3 Å². The van der Waals surface area contributed by atoms with Crippen molar-refractivity contribution in [3.63, 3.8) is 0 Å². The van der Waals surface area contributed by atoms with E-state index in [9.17, 15) is 0 Å². The lowest BCUT2D eigenvalue weighted by Gasteiger charge is -2.27. The van der Waals surface area contributed by atoms with Crippen molar-refractivity contribution >= 4 is 29.2 Å². The maximum Gasteiger partial charge on any atom is 0.228 e. The molecular formula is C15H15Cl2N3. The molecule has 5 heteroatoms. The van der Waals surface area contributed by atoms with Gasteiger partial charge in [-0.05, 0) is 24.8 Å². The molecule has 1 saturated heterocycles. The van der Waals surface area contributed by atoms with E-state index in [0.29, 0.717) is 21.8 Å². The second kappa shape index (κ2) is 5.98. The van der Waals surface area contributed by atoms with Crippen molar-refractivity contribution in [1.82, 2.24) is 9.97 Å². The lowest BCUT2D eigenvalue weighted by Crippen LogP contribution is -2.31. The molecule has 104 valence electrons. The van der Waals surface area contributed by atoms with Gasteiger partial charge in [0.05, 0.1) is 5.56 Å². The summed E-state index contributed by atoms with van der Waals surface area (Å²) < 4.78 is 0. The molecule has 0 atom stereocenters. The van der Waals surface area contributed by atoms with Crippen LogP contribution in [0, 0.1) is 0 Å². The van der Waals surface area contributed by atoms with Gasteiger partial charge < -0.3 is 4.90 Å². The normalized spacial score (nSPS) is 15.4. The second-order valence-electron chi connectivity index (χ2n) is 4.89. The van der Waals surface area contributed by atoms with Crippen molar-refractivity contribution in [1.29, 1.82) is 0 Å². The van der Waals surface area contributed by atoms with Gasteiger partial charge >= 0.3 is 0 Å². The molecule has 0 unspecified atom stereocenters. The molecule has 0 saturated carbocycles. The van der Waals surface area contributed by atoms with Gasteiger partial charge in [-0.2, -0.15) is 0 Å². The number of piperidine rings is 1. The third-order valence-electron chi connectivity index (χ3n) is 3.51. The van der Waals surface area contributed by atoms with Crippen molar-refractivity contribution < 1.29 is 0 Å². The highest BCUT2D eigenvalue weighted by Crippen LogP contribution is 2.34. The fraction of sp³-hybridized carbons (Fsp3) is 0.333. The minimum atomic E-state index is 0.414. The molecule has 0 spiro atoms. The van der Waals surface area contributed by atoms with Crippen LogP contribution in [0.4, 0.5) is 5.95 Å². The molecule has 0 amide bonds. The number of benzene rings is 1. The monoisotopic (exact) mass is 307 g/mol. The Balaban J connectivity index is 1.98. The molecule has 0 N–H and O–H groups in total. The Bertz CT molecular complexity index is 572. The molecular weight excluding hydrogens is 293 g/mol. The lowest BCUT2D eigenvalue weighted by molar-refractivity contribution is 0.568. The molecule has 2 heterocycles. The smallest absolute Gasteiger partial charge is 0.228 e. The van der Waals surface area contributed by atoms with Crippen LogP contribution in [0.2, 0.25) is 10.3 Å². The first-order valence-electron chi connectivity index (χ1n) is 6.79. The van der Waals surface area contributed by atoms with Gasteiger partial charge in [-0.15, -0.1) is 0 Å². The summed E-state index contributed by atoms with van der Waals surface area (Å²) in [7, 11) is 0. The van der Waals surface area contributed by atoms with E-state index >= 15 is 0 Å². The summed E-state index contributed by atoms with van der Waals surface area (Å²) in [6.07, 6.45) is 3.60. The third-order valence-corrected chi connectivity index (χ3v) is 4.06. The van der Waals surface area contributed by atoms with Gasteiger partial charge in [-0.1, -0.05) is 53.5 Å². The van der Waals surface area contributed by atoms with E-state index < -0.39 is 0 Å². The van der Waals surface area contributed by atoms with Gasteiger partial charge in [0.15, 0.2) is 0 Å². The zero-order valence-electron chi connectivity index (χ0n) is 11.0. The highest BCUT2D eigenvalue weighted by atomic mass is 35.5. The highest BCUT2D eigenvalue weighted by Gasteiger charge is 2.18. The van der Waals surface area contributed by atoms with Crippen LogP contribution in [0.25, 0.3) is 11.1 Å². The third kappa shape index (κ3) is 2.74. The van der Waals surface area contributed by atoms with E-state index in [-0.39, 0.29) is 0 Å². The molecule has 1 fully saturated rings. The maximum absolute atomic E-state index is 6.33. The van der Waals surface area contributed by atoms with E-state index in [2.05, 4.69) is 14.9 Å². The van der Waals surface area contributed by atoms with E-state index in [1.165, 1.54) is 19.3 Å². The summed E-state index contributed by atoms with van der Waals surface area (Å²) in [5.74, 6) is 0.638. The van der Waals surface area contributed by atoms with Gasteiger partial charge in [-0.25, -0.2) is 9.97 Å². The van der Waals surface area contributed by atoms with Crippen LogP contribution < -0.4 is 4.90 Å². The van der Waals surface area contributed by atoms with Crippen molar-refractivity contribution in [3.05, 3.63) is 40.6 Å². The topological polar surface area (TPSA) is 29.0 Å². The molecule has 1 aliphatic heterocycles. The quantitative estimate of drug-likeness (QED) is 0.768. The number of aromatic nitrogens is 2. The molecule has 0 aliphatic carbocycles. The number of anilines is 1. The molecule has 2 aromatic rings. The molecule has 0 radical (unpaired) electrons. The fourth-order valence-corrected chi connectivity index (χ4v) is 3.07. The van der Waals surface area contributed by atoms with E-state index in [1.807, 2.05) is 30.3 Å². The number of hydrogen-bond acceptors (Lipinski definition) is 3. The number of hydrogen-bond donors (Lipinski definition) is 0. The number of rotatable bonds is 2. The van der Waals surface area contributed by atoms with E-state index in [1.54, 1.807) is 0 Å². The van der Waals surface area contributed by atoms with Crippen LogP contribution in [0.1, 0.15) is 19.3 Å². The van der Waals surface area contributed by atoms with Gasteiger partial charge in [0.2, 0.25) is 5.95 Å². The predicted octanol–water partition coefficient (Wildman–Crippen LogP) is 4.44. The Morgan fingerprint density at radius 1 is 0.850 bits per heavy atom. The first-order valence-corrected chi connectivity index (χ1v) is 7.55. The van der Waals surface area contributed by atoms with Crippen molar-refractivity contribution in [3.8, 4) is 11.1 Å². The summed E-state index contributed by atoms with van der Waals surface area (Å²) in [6.45, 7) is 1.94. The summed E-state index contributed by atoms with van der Waals surface area (Å²) >= 11 is 12.7. The summed E-state index contributed by atoms with van der Waals surface area (Å²) in [5.41, 5.74) is 1.64. The predicted molar refractivity (Wildman–Crippen MR) is 83.6 cm³/mol. The first kappa shape index (κ1) is 13.7. The highest BCUT2D eigenvalue weighted by molar-refractivity contribution is 6.37. The molecule has 20 heavy (non-hydrogen) atoms. The van der Waals surface area contributed by atoms with Crippen LogP contribution in [-0.4, -0.2) is 23.1 Å². The first-order chi connectivity index (χ1) is 9.75. The lowest BCUT2D eigenvalue weighted by atomic mass is 10.1. The van der Waals surface area contributed by atoms with Crippen LogP contribution in [0.3, 0.4) is 0 Å². The van der Waals surface area contributed by atoms with Gasteiger partial charge in [0, 0.05) is 13.1 Å². The SMILES string of the molecule is Clc1nc(N2CCCCC2)nc(Cl)c1-c1ccccc1. The summed E-state index contributed by atoms with van der Waals surface area (Å²) in [5, 5.41) is 0.827. The van der Waals surface area contributed by atoms with Gasteiger partial charge in [0.25, 0.3) is 0 Å². The number of halogens is 2. The van der Waals surface area contributed by atoms with Crippen LogP contribution >= 0.6 is 23.2 Å². The minimum Gasteiger partial charge on any atom is -0.341 e. The largest absolute Gasteiger partial charge is 0.341 e. The van der Waals surface area contributed by atoms with Crippen molar-refractivity contribution in [2.24, 2.45) is 0 Å². The van der Waals surface area contributed by atoms with Crippen LogP contribution in [-0.2, 0) is 0 Å². The average Bonchev–Trinajstić information content (AvgIpc) is 2.48. The Kier molecular flexibility index (Phi) is 4.08. The Hall–Kier alpha value is -1.32. The average molecular weight is 308 g/mol.